The predicted octanol–water partition coefficient (Wildman–Crippen LogP) is 4.01. The van der Waals surface area contributed by atoms with Crippen molar-refractivity contribution in [2.45, 2.75) is 71.3 Å². The molecule has 1 saturated carbocycles. The molecule has 0 aromatic rings. The third-order valence-electron chi connectivity index (χ3n) is 7.10. The molecule has 2 saturated heterocycles. The smallest absolute Gasteiger partial charge is 0.00956 e. The molecule has 3 fully saturated rings. The summed E-state index contributed by atoms with van der Waals surface area (Å²) in [5.41, 5.74) is 0.735. The van der Waals surface area contributed by atoms with Gasteiger partial charge in [0, 0.05) is 6.04 Å². The Labute approximate surface area is 132 Å². The summed E-state index contributed by atoms with van der Waals surface area (Å²) in [6, 6.07) is 0.920. The van der Waals surface area contributed by atoms with Gasteiger partial charge in [0.1, 0.15) is 0 Å². The molecule has 1 spiro atoms. The van der Waals surface area contributed by atoms with Crippen molar-refractivity contribution in [3.8, 4) is 0 Å². The Hall–Kier alpha value is -0.0800. The van der Waals surface area contributed by atoms with Crippen LogP contribution in [0.5, 0.6) is 0 Å². The highest BCUT2D eigenvalue weighted by Crippen LogP contribution is 2.45. The molecule has 122 valence electrons. The molecule has 2 nitrogen and oxygen atoms in total. The summed E-state index contributed by atoms with van der Waals surface area (Å²) >= 11 is 0. The summed E-state index contributed by atoms with van der Waals surface area (Å²) in [5.74, 6) is 1.88. The van der Waals surface area contributed by atoms with Gasteiger partial charge in [-0.15, -0.1) is 0 Å². The Kier molecular flexibility index (Phi) is 4.95. The topological polar surface area (TPSA) is 6.48 Å². The lowest BCUT2D eigenvalue weighted by Gasteiger charge is -2.48. The molecule has 1 aliphatic carbocycles. The van der Waals surface area contributed by atoms with Crippen molar-refractivity contribution in [2.24, 2.45) is 17.3 Å². The zero-order chi connectivity index (χ0) is 14.9. The second-order valence-electron chi connectivity index (χ2n) is 8.65. The van der Waals surface area contributed by atoms with Gasteiger partial charge in [0.15, 0.2) is 0 Å². The van der Waals surface area contributed by atoms with E-state index in [2.05, 4.69) is 30.7 Å². The third kappa shape index (κ3) is 3.64. The fourth-order valence-corrected chi connectivity index (χ4v) is 5.12. The zero-order valence-electron chi connectivity index (χ0n) is 14.6. The Morgan fingerprint density at radius 3 is 1.90 bits per heavy atom. The largest absolute Gasteiger partial charge is 0.306 e. The van der Waals surface area contributed by atoms with Gasteiger partial charge in [-0.05, 0) is 102 Å². The highest BCUT2D eigenvalue weighted by molar-refractivity contribution is 4.93. The number of rotatable bonds is 2. The van der Waals surface area contributed by atoms with E-state index in [1.165, 1.54) is 77.5 Å². The van der Waals surface area contributed by atoms with Gasteiger partial charge in [-0.2, -0.15) is 0 Å². The molecular formula is C19H36N2. The molecule has 21 heavy (non-hydrogen) atoms. The normalized spacial score (nSPS) is 30.3. The molecule has 3 rings (SSSR count). The highest BCUT2D eigenvalue weighted by atomic mass is 15.2. The van der Waals surface area contributed by atoms with Gasteiger partial charge < -0.3 is 9.80 Å². The number of piperidine rings is 2. The first-order valence-corrected chi connectivity index (χ1v) is 9.51. The van der Waals surface area contributed by atoms with E-state index in [9.17, 15) is 0 Å². The van der Waals surface area contributed by atoms with E-state index in [4.69, 9.17) is 0 Å². The molecule has 0 aromatic carbocycles. The van der Waals surface area contributed by atoms with Crippen LogP contribution in [0.3, 0.4) is 0 Å². The first kappa shape index (κ1) is 15.8. The lowest BCUT2D eigenvalue weighted by atomic mass is 9.66. The van der Waals surface area contributed by atoms with Gasteiger partial charge in [0.05, 0.1) is 0 Å². The van der Waals surface area contributed by atoms with Crippen LogP contribution in [-0.2, 0) is 0 Å². The van der Waals surface area contributed by atoms with Crippen LogP contribution < -0.4 is 0 Å². The van der Waals surface area contributed by atoms with Crippen LogP contribution >= 0.6 is 0 Å². The van der Waals surface area contributed by atoms with Crippen molar-refractivity contribution in [2.75, 3.05) is 33.2 Å². The SMILES string of the molecule is CC(C)C1CCN(C2CCC3(CC2)CCN(C)CC3)CC1. The molecule has 0 bridgehead atoms. The van der Waals surface area contributed by atoms with Crippen LogP contribution in [0.25, 0.3) is 0 Å². The lowest BCUT2D eigenvalue weighted by molar-refractivity contribution is 0.0252. The summed E-state index contributed by atoms with van der Waals surface area (Å²) in [6.45, 7) is 10.2. The third-order valence-corrected chi connectivity index (χ3v) is 7.10. The van der Waals surface area contributed by atoms with Crippen molar-refractivity contribution in [1.82, 2.24) is 9.80 Å². The highest BCUT2D eigenvalue weighted by Gasteiger charge is 2.39. The summed E-state index contributed by atoms with van der Waals surface area (Å²) in [6.07, 6.45) is 11.8. The van der Waals surface area contributed by atoms with E-state index in [0.29, 0.717) is 0 Å². The van der Waals surface area contributed by atoms with Gasteiger partial charge in [-0.3, -0.25) is 0 Å². The van der Waals surface area contributed by atoms with Gasteiger partial charge in [-0.25, -0.2) is 0 Å². The van der Waals surface area contributed by atoms with Crippen LogP contribution in [-0.4, -0.2) is 49.1 Å². The van der Waals surface area contributed by atoms with Crippen molar-refractivity contribution >= 4 is 0 Å². The Balaban J connectivity index is 1.46. The zero-order valence-corrected chi connectivity index (χ0v) is 14.6. The summed E-state index contributed by atoms with van der Waals surface area (Å²) in [5, 5.41) is 0. The maximum Gasteiger partial charge on any atom is 0.00956 e. The Morgan fingerprint density at radius 1 is 0.810 bits per heavy atom. The molecule has 0 atom stereocenters. The number of hydrogen-bond acceptors (Lipinski definition) is 2. The van der Waals surface area contributed by atoms with E-state index < -0.39 is 0 Å². The molecule has 3 aliphatic rings. The minimum absolute atomic E-state index is 0.735. The van der Waals surface area contributed by atoms with E-state index in [0.717, 1.165) is 23.3 Å². The monoisotopic (exact) mass is 292 g/mol. The first-order valence-electron chi connectivity index (χ1n) is 9.51. The minimum Gasteiger partial charge on any atom is -0.306 e. The molecule has 0 unspecified atom stereocenters. The molecule has 0 amide bonds. The second-order valence-corrected chi connectivity index (χ2v) is 8.65. The Bertz CT molecular complexity index is 312. The average Bonchev–Trinajstić information content (AvgIpc) is 2.51. The standard InChI is InChI=1S/C19H36N2/c1-16(2)17-6-12-21(13-7-17)18-4-8-19(9-5-18)10-14-20(3)15-11-19/h16-18H,4-15H2,1-3H3. The quantitative estimate of drug-likeness (QED) is 0.759. The van der Waals surface area contributed by atoms with Crippen molar-refractivity contribution in [1.29, 1.82) is 0 Å². The van der Waals surface area contributed by atoms with Crippen LogP contribution in [0.1, 0.15) is 65.2 Å². The van der Waals surface area contributed by atoms with Gasteiger partial charge in [-0.1, -0.05) is 13.8 Å². The van der Waals surface area contributed by atoms with E-state index >= 15 is 0 Å². The lowest BCUT2D eigenvalue weighted by Crippen LogP contribution is -2.47. The number of nitrogens with zero attached hydrogens (tertiary/aromatic N) is 2. The molecule has 2 aliphatic heterocycles. The van der Waals surface area contributed by atoms with Crippen molar-refractivity contribution in [3.05, 3.63) is 0 Å². The van der Waals surface area contributed by atoms with Crippen LogP contribution in [0.15, 0.2) is 0 Å². The minimum atomic E-state index is 0.735. The van der Waals surface area contributed by atoms with Crippen molar-refractivity contribution in [3.63, 3.8) is 0 Å². The molecular weight excluding hydrogens is 256 g/mol. The molecule has 2 heteroatoms. The fraction of sp³-hybridized carbons (Fsp3) is 1.00. The first-order chi connectivity index (χ1) is 10.1. The van der Waals surface area contributed by atoms with E-state index in [-0.39, 0.29) is 0 Å². The maximum atomic E-state index is 2.85. The molecule has 2 heterocycles. The number of hydrogen-bond donors (Lipinski definition) is 0. The maximum absolute atomic E-state index is 2.85. The van der Waals surface area contributed by atoms with Crippen molar-refractivity contribution < 1.29 is 0 Å². The van der Waals surface area contributed by atoms with E-state index in [1.54, 1.807) is 0 Å². The van der Waals surface area contributed by atoms with Crippen LogP contribution in [0.2, 0.25) is 0 Å². The van der Waals surface area contributed by atoms with Crippen LogP contribution in [0.4, 0.5) is 0 Å². The fourth-order valence-electron chi connectivity index (χ4n) is 5.12. The van der Waals surface area contributed by atoms with Gasteiger partial charge in [0.25, 0.3) is 0 Å². The molecule has 0 radical (unpaired) electrons. The average molecular weight is 293 g/mol. The van der Waals surface area contributed by atoms with Crippen LogP contribution in [0, 0.1) is 17.3 Å². The number of likely N-dealkylation sites (tertiary alicyclic amines) is 2. The second kappa shape index (κ2) is 6.58. The summed E-state index contributed by atoms with van der Waals surface area (Å²) < 4.78 is 0. The predicted molar refractivity (Wildman–Crippen MR) is 90.6 cm³/mol. The van der Waals surface area contributed by atoms with E-state index in [1.807, 2.05) is 0 Å². The summed E-state index contributed by atoms with van der Waals surface area (Å²) in [4.78, 5) is 5.37. The Morgan fingerprint density at radius 2 is 1.38 bits per heavy atom. The summed E-state index contributed by atoms with van der Waals surface area (Å²) in [7, 11) is 2.29. The van der Waals surface area contributed by atoms with Gasteiger partial charge in [0.2, 0.25) is 0 Å². The van der Waals surface area contributed by atoms with Gasteiger partial charge >= 0.3 is 0 Å². The molecule has 0 N–H and O–H groups in total. The molecule has 0 aromatic heterocycles.